The van der Waals surface area contributed by atoms with Crippen LogP contribution in [0.2, 0.25) is 0 Å². The first-order valence-corrected chi connectivity index (χ1v) is 14.1. The molecule has 0 unspecified atom stereocenters. The number of benzene rings is 6. The molecule has 0 saturated carbocycles. The molecule has 3 heteroatoms. The van der Waals surface area contributed by atoms with E-state index in [0.29, 0.717) is 0 Å². The predicted octanol–water partition coefficient (Wildman–Crippen LogP) is 8.03. The lowest BCUT2D eigenvalue weighted by atomic mass is 9.34. The Kier molecular flexibility index (Phi) is 5.40. The molecule has 0 bridgehead atoms. The Hall–Kier alpha value is -5.02. The van der Waals surface area contributed by atoms with Crippen molar-refractivity contribution in [2.24, 2.45) is 0 Å². The van der Waals surface area contributed by atoms with Crippen LogP contribution in [0.5, 0.6) is 23.0 Å². The standard InChI is InChI=1S/C38H27BO2/c1-24-11-6-8-15-29(24)27-19-20-32-34(21-27)40-35-22-28(26-13-4-3-5-14-26)23-36-37(35)39(32)33-18-10-17-31(38(33)41-36)30-16-9-7-12-25(30)2/h3-23H,1-2H3. The zero-order valence-electron chi connectivity index (χ0n) is 23.0. The highest BCUT2D eigenvalue weighted by atomic mass is 16.5. The highest BCUT2D eigenvalue weighted by molar-refractivity contribution is 6.98. The van der Waals surface area contributed by atoms with Gasteiger partial charge in [0.2, 0.25) is 0 Å². The lowest BCUT2D eigenvalue weighted by molar-refractivity contribution is 0.466. The number of hydrogen-bond acceptors (Lipinski definition) is 2. The van der Waals surface area contributed by atoms with Gasteiger partial charge >= 0.3 is 0 Å². The van der Waals surface area contributed by atoms with Crippen molar-refractivity contribution in [1.82, 2.24) is 0 Å². The molecule has 2 aliphatic rings. The van der Waals surface area contributed by atoms with E-state index in [-0.39, 0.29) is 6.71 Å². The average molecular weight is 526 g/mol. The van der Waals surface area contributed by atoms with E-state index in [1.165, 1.54) is 27.7 Å². The molecule has 0 fully saturated rings. The first kappa shape index (κ1) is 23.8. The van der Waals surface area contributed by atoms with Crippen molar-refractivity contribution in [2.75, 3.05) is 0 Å². The molecule has 0 N–H and O–H groups in total. The fourth-order valence-corrected chi connectivity index (χ4v) is 6.47. The van der Waals surface area contributed by atoms with Gasteiger partial charge in [-0.3, -0.25) is 0 Å². The van der Waals surface area contributed by atoms with Crippen LogP contribution >= 0.6 is 0 Å². The molecule has 2 aliphatic heterocycles. The van der Waals surface area contributed by atoms with Gasteiger partial charge in [-0.05, 0) is 81.9 Å². The molecule has 0 aliphatic carbocycles. The molecule has 41 heavy (non-hydrogen) atoms. The van der Waals surface area contributed by atoms with Gasteiger partial charge in [0.25, 0.3) is 6.71 Å². The zero-order valence-corrected chi connectivity index (χ0v) is 23.0. The van der Waals surface area contributed by atoms with E-state index in [0.717, 1.165) is 56.2 Å². The van der Waals surface area contributed by atoms with Gasteiger partial charge in [-0.25, -0.2) is 0 Å². The molecule has 6 aromatic rings. The van der Waals surface area contributed by atoms with Crippen LogP contribution in [0.1, 0.15) is 11.1 Å². The molecule has 0 spiro atoms. The monoisotopic (exact) mass is 526 g/mol. The molecule has 6 aromatic carbocycles. The summed E-state index contributed by atoms with van der Waals surface area (Å²) < 4.78 is 13.6. The van der Waals surface area contributed by atoms with E-state index in [1.807, 2.05) is 6.07 Å². The number of hydrogen-bond donors (Lipinski definition) is 0. The minimum Gasteiger partial charge on any atom is -0.458 e. The highest BCUT2D eigenvalue weighted by Crippen LogP contribution is 2.42. The molecule has 0 saturated heterocycles. The second kappa shape index (κ2) is 9.28. The second-order valence-corrected chi connectivity index (χ2v) is 11.0. The summed E-state index contributed by atoms with van der Waals surface area (Å²) in [6.07, 6.45) is 0. The average Bonchev–Trinajstić information content (AvgIpc) is 3.01. The van der Waals surface area contributed by atoms with E-state index in [1.54, 1.807) is 0 Å². The topological polar surface area (TPSA) is 18.5 Å². The van der Waals surface area contributed by atoms with E-state index >= 15 is 0 Å². The van der Waals surface area contributed by atoms with Crippen LogP contribution in [0.25, 0.3) is 33.4 Å². The van der Waals surface area contributed by atoms with Crippen molar-refractivity contribution in [3.63, 3.8) is 0 Å². The first-order chi connectivity index (χ1) is 20.2. The first-order valence-electron chi connectivity index (χ1n) is 14.1. The Morgan fingerprint density at radius 2 is 1.07 bits per heavy atom. The summed E-state index contributed by atoms with van der Waals surface area (Å²) in [5.41, 5.74) is 12.8. The Bertz CT molecular complexity index is 1980. The fourth-order valence-electron chi connectivity index (χ4n) is 6.47. The minimum atomic E-state index is 0.00668. The van der Waals surface area contributed by atoms with Gasteiger partial charge in [-0.2, -0.15) is 0 Å². The third-order valence-corrected chi connectivity index (χ3v) is 8.50. The number of fused-ring (bicyclic) bond motifs is 4. The van der Waals surface area contributed by atoms with Crippen molar-refractivity contribution >= 4 is 23.1 Å². The molecule has 0 atom stereocenters. The van der Waals surface area contributed by atoms with Crippen molar-refractivity contribution < 1.29 is 9.47 Å². The number of para-hydroxylation sites is 1. The van der Waals surface area contributed by atoms with Crippen molar-refractivity contribution in [3.05, 3.63) is 139 Å². The quantitative estimate of drug-likeness (QED) is 0.217. The maximum Gasteiger partial charge on any atom is 0.260 e. The van der Waals surface area contributed by atoms with Gasteiger partial charge in [-0.1, -0.05) is 109 Å². The van der Waals surface area contributed by atoms with Gasteiger partial charge in [0.1, 0.15) is 23.0 Å². The molecular weight excluding hydrogens is 499 g/mol. The number of aryl methyl sites for hydroxylation is 2. The summed E-state index contributed by atoms with van der Waals surface area (Å²) in [7, 11) is 0. The van der Waals surface area contributed by atoms with Crippen LogP contribution in [-0.4, -0.2) is 6.71 Å². The molecule has 194 valence electrons. The molecule has 8 rings (SSSR count). The summed E-state index contributed by atoms with van der Waals surface area (Å²) in [6.45, 7) is 4.33. The van der Waals surface area contributed by atoms with Crippen LogP contribution in [0.4, 0.5) is 0 Å². The summed E-state index contributed by atoms with van der Waals surface area (Å²) in [5.74, 6) is 3.53. The van der Waals surface area contributed by atoms with Gasteiger partial charge in [0.05, 0.1) is 0 Å². The lowest BCUT2D eigenvalue weighted by Crippen LogP contribution is -2.57. The summed E-state index contributed by atoms with van der Waals surface area (Å²) in [4.78, 5) is 0. The number of ether oxygens (including phenoxy) is 2. The molecule has 0 amide bonds. The second-order valence-electron chi connectivity index (χ2n) is 11.0. The molecule has 2 heterocycles. The van der Waals surface area contributed by atoms with Crippen molar-refractivity contribution in [1.29, 1.82) is 0 Å². The van der Waals surface area contributed by atoms with Crippen LogP contribution < -0.4 is 25.9 Å². The van der Waals surface area contributed by atoms with Gasteiger partial charge in [0.15, 0.2) is 0 Å². The fraction of sp³-hybridized carbons (Fsp3) is 0.0526. The number of rotatable bonds is 3. The smallest absolute Gasteiger partial charge is 0.260 e. The van der Waals surface area contributed by atoms with Crippen LogP contribution in [-0.2, 0) is 0 Å². The minimum absolute atomic E-state index is 0.00668. The zero-order chi connectivity index (χ0) is 27.5. The Balaban J connectivity index is 1.38. The molecule has 2 nitrogen and oxygen atoms in total. The SMILES string of the molecule is Cc1ccccc1-c1ccc2c(c1)Oc1cc(-c3ccccc3)cc3c1B2c1cccc(-c2ccccc2C)c1O3. The van der Waals surface area contributed by atoms with Gasteiger partial charge in [0, 0.05) is 11.0 Å². The summed E-state index contributed by atoms with van der Waals surface area (Å²) in [5, 5.41) is 0. The van der Waals surface area contributed by atoms with Gasteiger partial charge < -0.3 is 9.47 Å². The Morgan fingerprint density at radius 3 is 1.83 bits per heavy atom. The molecule has 0 aromatic heterocycles. The highest BCUT2D eigenvalue weighted by Gasteiger charge is 2.41. The summed E-state index contributed by atoms with van der Waals surface area (Å²) in [6, 6.07) is 45.1. The van der Waals surface area contributed by atoms with Crippen LogP contribution in [0, 0.1) is 13.8 Å². The third-order valence-electron chi connectivity index (χ3n) is 8.50. The van der Waals surface area contributed by atoms with Crippen molar-refractivity contribution in [2.45, 2.75) is 13.8 Å². The molecule has 0 radical (unpaired) electrons. The lowest BCUT2D eigenvalue weighted by Gasteiger charge is -2.34. The van der Waals surface area contributed by atoms with E-state index in [9.17, 15) is 0 Å². The maximum atomic E-state index is 6.87. The van der Waals surface area contributed by atoms with E-state index in [2.05, 4.69) is 135 Å². The predicted molar refractivity (Wildman–Crippen MR) is 170 cm³/mol. The largest absolute Gasteiger partial charge is 0.458 e. The normalized spacial score (nSPS) is 12.5. The Morgan fingerprint density at radius 1 is 0.439 bits per heavy atom. The third kappa shape index (κ3) is 3.81. The maximum absolute atomic E-state index is 6.87. The Labute approximate surface area is 240 Å². The van der Waals surface area contributed by atoms with E-state index in [4.69, 9.17) is 9.47 Å². The van der Waals surface area contributed by atoms with Crippen molar-refractivity contribution in [3.8, 4) is 56.4 Å². The van der Waals surface area contributed by atoms with Gasteiger partial charge in [-0.15, -0.1) is 0 Å². The molecular formula is C38H27BO2. The van der Waals surface area contributed by atoms with Crippen LogP contribution in [0.15, 0.2) is 127 Å². The summed E-state index contributed by atoms with van der Waals surface area (Å²) >= 11 is 0. The van der Waals surface area contributed by atoms with E-state index < -0.39 is 0 Å². The van der Waals surface area contributed by atoms with Crippen LogP contribution in [0.3, 0.4) is 0 Å².